The SMILES string of the molecule is C=C(CC(=O)C(C)=N)[C@H](C)CC. The number of Topliss-reactive ketones (excluding diaryl/α,β-unsaturated/α-hetero) is 1. The Labute approximate surface area is 74.2 Å². The van der Waals surface area contributed by atoms with E-state index in [1.165, 1.54) is 6.92 Å². The highest BCUT2D eigenvalue weighted by molar-refractivity contribution is 6.38. The molecule has 68 valence electrons. The number of allylic oxidation sites excluding steroid dienone is 1. The lowest BCUT2D eigenvalue weighted by Crippen LogP contribution is -2.11. The van der Waals surface area contributed by atoms with E-state index in [-0.39, 0.29) is 11.5 Å². The summed E-state index contributed by atoms with van der Waals surface area (Å²) in [4.78, 5) is 11.1. The lowest BCUT2D eigenvalue weighted by atomic mass is 9.95. The smallest absolute Gasteiger partial charge is 0.180 e. The second kappa shape index (κ2) is 4.86. The van der Waals surface area contributed by atoms with Crippen LogP contribution in [0.4, 0.5) is 0 Å². The molecule has 0 fully saturated rings. The van der Waals surface area contributed by atoms with Crippen LogP contribution in [0, 0.1) is 11.3 Å². The fourth-order valence-corrected chi connectivity index (χ4v) is 0.802. The van der Waals surface area contributed by atoms with Gasteiger partial charge in [0.1, 0.15) is 0 Å². The topological polar surface area (TPSA) is 40.9 Å². The quantitative estimate of drug-likeness (QED) is 0.496. The van der Waals surface area contributed by atoms with Crippen LogP contribution >= 0.6 is 0 Å². The van der Waals surface area contributed by atoms with Crippen molar-refractivity contribution in [3.63, 3.8) is 0 Å². The Morgan fingerprint density at radius 1 is 1.58 bits per heavy atom. The van der Waals surface area contributed by atoms with E-state index in [1.54, 1.807) is 0 Å². The van der Waals surface area contributed by atoms with E-state index in [2.05, 4.69) is 20.4 Å². The summed E-state index contributed by atoms with van der Waals surface area (Å²) in [5, 5.41) is 7.10. The molecule has 0 bridgehead atoms. The van der Waals surface area contributed by atoms with E-state index in [1.807, 2.05) is 0 Å². The molecule has 0 spiro atoms. The van der Waals surface area contributed by atoms with E-state index in [9.17, 15) is 4.79 Å². The molecule has 0 aromatic rings. The predicted molar refractivity (Wildman–Crippen MR) is 51.6 cm³/mol. The van der Waals surface area contributed by atoms with Crippen molar-refractivity contribution < 1.29 is 4.79 Å². The summed E-state index contributed by atoms with van der Waals surface area (Å²) in [5.41, 5.74) is 1.06. The maximum Gasteiger partial charge on any atom is 0.180 e. The summed E-state index contributed by atoms with van der Waals surface area (Å²) in [6.45, 7) is 9.47. The lowest BCUT2D eigenvalue weighted by molar-refractivity contribution is -0.112. The van der Waals surface area contributed by atoms with Crippen molar-refractivity contribution in [1.29, 1.82) is 5.41 Å². The molecule has 0 heterocycles. The van der Waals surface area contributed by atoms with Crippen molar-refractivity contribution in [2.24, 2.45) is 5.92 Å². The van der Waals surface area contributed by atoms with Gasteiger partial charge in [-0.3, -0.25) is 4.79 Å². The molecule has 2 nitrogen and oxygen atoms in total. The van der Waals surface area contributed by atoms with Crippen molar-refractivity contribution in [2.75, 3.05) is 0 Å². The van der Waals surface area contributed by atoms with Gasteiger partial charge in [0, 0.05) is 6.42 Å². The van der Waals surface area contributed by atoms with Crippen LogP contribution in [0.1, 0.15) is 33.6 Å². The highest BCUT2D eigenvalue weighted by atomic mass is 16.1. The van der Waals surface area contributed by atoms with Gasteiger partial charge in [-0.25, -0.2) is 0 Å². The van der Waals surface area contributed by atoms with Crippen LogP contribution in [-0.4, -0.2) is 11.5 Å². The highest BCUT2D eigenvalue weighted by Gasteiger charge is 2.10. The molecule has 1 N–H and O–H groups in total. The van der Waals surface area contributed by atoms with Crippen molar-refractivity contribution >= 4 is 11.5 Å². The Balaban J connectivity index is 4.01. The van der Waals surface area contributed by atoms with Gasteiger partial charge in [0.25, 0.3) is 0 Å². The number of hydrogen-bond acceptors (Lipinski definition) is 2. The Kier molecular flexibility index (Phi) is 4.49. The van der Waals surface area contributed by atoms with E-state index in [0.717, 1.165) is 12.0 Å². The van der Waals surface area contributed by atoms with Gasteiger partial charge in [0.15, 0.2) is 5.78 Å². The number of hydrogen-bond donors (Lipinski definition) is 1. The number of carbonyl (C=O) groups excluding carboxylic acids is 1. The molecule has 0 aliphatic heterocycles. The molecule has 1 atom stereocenters. The standard InChI is InChI=1S/C10H17NO/c1-5-7(2)8(3)6-10(12)9(4)11/h7,11H,3,5-6H2,1-2,4H3/t7-/m1/s1. The van der Waals surface area contributed by atoms with Gasteiger partial charge in [-0.15, -0.1) is 0 Å². The van der Waals surface area contributed by atoms with Gasteiger partial charge in [-0.1, -0.05) is 26.0 Å². The first-order valence-corrected chi connectivity index (χ1v) is 4.25. The van der Waals surface area contributed by atoms with Crippen LogP contribution in [0.15, 0.2) is 12.2 Å². The fourth-order valence-electron chi connectivity index (χ4n) is 0.802. The van der Waals surface area contributed by atoms with Gasteiger partial charge >= 0.3 is 0 Å². The molecule has 0 aliphatic rings. The monoisotopic (exact) mass is 167 g/mol. The van der Waals surface area contributed by atoms with Crippen LogP contribution in [-0.2, 0) is 4.79 Å². The van der Waals surface area contributed by atoms with Crippen LogP contribution in [0.2, 0.25) is 0 Å². The average molecular weight is 167 g/mol. The summed E-state index contributed by atoms with van der Waals surface area (Å²) in [5.74, 6) is 0.272. The first kappa shape index (κ1) is 11.1. The molecular weight excluding hydrogens is 150 g/mol. The van der Waals surface area contributed by atoms with E-state index >= 15 is 0 Å². The zero-order chi connectivity index (χ0) is 9.72. The Morgan fingerprint density at radius 3 is 2.42 bits per heavy atom. The maximum atomic E-state index is 11.1. The Morgan fingerprint density at radius 2 is 2.08 bits per heavy atom. The molecule has 0 aliphatic carbocycles. The van der Waals surface area contributed by atoms with Crippen LogP contribution in [0.3, 0.4) is 0 Å². The van der Waals surface area contributed by atoms with Gasteiger partial charge in [-0.05, 0) is 19.3 Å². The molecule has 0 radical (unpaired) electrons. The van der Waals surface area contributed by atoms with Crippen LogP contribution in [0.25, 0.3) is 0 Å². The molecule has 0 amide bonds. The molecule has 0 unspecified atom stereocenters. The number of ketones is 1. The molecular formula is C10H17NO. The zero-order valence-electron chi connectivity index (χ0n) is 8.11. The third-order valence-electron chi connectivity index (χ3n) is 2.12. The van der Waals surface area contributed by atoms with Crippen molar-refractivity contribution in [2.45, 2.75) is 33.6 Å². The van der Waals surface area contributed by atoms with Gasteiger partial charge in [0.05, 0.1) is 5.71 Å². The van der Waals surface area contributed by atoms with Gasteiger partial charge < -0.3 is 5.41 Å². The first-order valence-electron chi connectivity index (χ1n) is 4.25. The number of rotatable bonds is 5. The molecule has 12 heavy (non-hydrogen) atoms. The van der Waals surface area contributed by atoms with E-state index in [0.29, 0.717) is 12.3 Å². The predicted octanol–water partition coefficient (Wildman–Crippen LogP) is 2.59. The number of nitrogens with one attached hydrogen (secondary N) is 1. The van der Waals surface area contributed by atoms with Crippen molar-refractivity contribution in [3.8, 4) is 0 Å². The fraction of sp³-hybridized carbons (Fsp3) is 0.600. The number of carbonyl (C=O) groups is 1. The average Bonchev–Trinajstić information content (AvgIpc) is 2.02. The Bertz CT molecular complexity index is 206. The lowest BCUT2D eigenvalue weighted by Gasteiger charge is -2.10. The largest absolute Gasteiger partial charge is 0.302 e. The summed E-state index contributed by atoms with van der Waals surface area (Å²) in [7, 11) is 0. The van der Waals surface area contributed by atoms with Gasteiger partial charge in [-0.2, -0.15) is 0 Å². The summed E-state index contributed by atoms with van der Waals surface area (Å²) in [6.07, 6.45) is 1.34. The van der Waals surface area contributed by atoms with Crippen molar-refractivity contribution in [1.82, 2.24) is 0 Å². The minimum Gasteiger partial charge on any atom is -0.302 e. The second-order valence-electron chi connectivity index (χ2n) is 3.19. The summed E-state index contributed by atoms with van der Waals surface area (Å²) in [6, 6.07) is 0. The summed E-state index contributed by atoms with van der Waals surface area (Å²) < 4.78 is 0. The van der Waals surface area contributed by atoms with Crippen LogP contribution < -0.4 is 0 Å². The molecule has 0 saturated carbocycles. The third kappa shape index (κ3) is 3.46. The van der Waals surface area contributed by atoms with Crippen LogP contribution in [0.5, 0.6) is 0 Å². The van der Waals surface area contributed by atoms with Gasteiger partial charge in [0.2, 0.25) is 0 Å². The molecule has 0 aromatic carbocycles. The normalized spacial score (nSPS) is 12.2. The molecule has 2 heteroatoms. The van der Waals surface area contributed by atoms with E-state index in [4.69, 9.17) is 5.41 Å². The third-order valence-corrected chi connectivity index (χ3v) is 2.12. The Hall–Kier alpha value is -0.920. The summed E-state index contributed by atoms with van der Waals surface area (Å²) >= 11 is 0. The molecule has 0 aromatic heterocycles. The van der Waals surface area contributed by atoms with Crippen molar-refractivity contribution in [3.05, 3.63) is 12.2 Å². The highest BCUT2D eigenvalue weighted by Crippen LogP contribution is 2.15. The molecule has 0 saturated heterocycles. The minimum absolute atomic E-state index is 0.111. The minimum atomic E-state index is -0.111. The maximum absolute atomic E-state index is 11.1. The second-order valence-corrected chi connectivity index (χ2v) is 3.19. The van der Waals surface area contributed by atoms with E-state index < -0.39 is 0 Å². The molecule has 0 rings (SSSR count). The first-order chi connectivity index (χ1) is 5.49. The zero-order valence-corrected chi connectivity index (χ0v) is 8.11.